The third-order valence-electron chi connectivity index (χ3n) is 5.33. The Bertz CT molecular complexity index is 1260. The van der Waals surface area contributed by atoms with Crippen LogP contribution in [0.3, 0.4) is 0 Å². The quantitative estimate of drug-likeness (QED) is 0.386. The lowest BCUT2D eigenvalue weighted by Gasteiger charge is -2.28. The first-order valence-electron chi connectivity index (χ1n) is 11.2. The first kappa shape index (κ1) is 24.8. The number of carbonyl (C=O) groups excluding carboxylic acids is 1. The summed E-state index contributed by atoms with van der Waals surface area (Å²) in [6.45, 7) is 6.64. The van der Waals surface area contributed by atoms with Gasteiger partial charge in [0.25, 0.3) is 0 Å². The molecule has 1 unspecified atom stereocenters. The van der Waals surface area contributed by atoms with Gasteiger partial charge in [-0.25, -0.2) is 4.79 Å². The number of nitrogens with zero attached hydrogens (tertiary/aromatic N) is 4. The van der Waals surface area contributed by atoms with E-state index in [1.54, 1.807) is 29.8 Å². The van der Waals surface area contributed by atoms with Crippen molar-refractivity contribution in [3.05, 3.63) is 68.8 Å². The molecular formula is C24H25Cl2N5O4. The molecule has 2 heterocycles. The van der Waals surface area contributed by atoms with E-state index in [2.05, 4.69) is 20.8 Å². The number of hydrogen-bond acceptors (Lipinski definition) is 8. The maximum absolute atomic E-state index is 13.0. The molecule has 0 saturated heterocycles. The van der Waals surface area contributed by atoms with Crippen molar-refractivity contribution in [3.63, 3.8) is 0 Å². The normalized spacial score (nSPS) is 14.8. The van der Waals surface area contributed by atoms with Gasteiger partial charge in [0, 0.05) is 5.70 Å². The average Bonchev–Trinajstić information content (AvgIpc) is 3.31. The summed E-state index contributed by atoms with van der Waals surface area (Å²) in [4.78, 5) is 13.0. The van der Waals surface area contributed by atoms with Gasteiger partial charge >= 0.3 is 5.97 Å². The third-order valence-corrected chi connectivity index (χ3v) is 6.07. The van der Waals surface area contributed by atoms with Gasteiger partial charge in [0.05, 0.1) is 28.8 Å². The molecule has 184 valence electrons. The first-order chi connectivity index (χ1) is 16.9. The molecule has 9 nitrogen and oxygen atoms in total. The molecule has 1 aliphatic rings. The van der Waals surface area contributed by atoms with Crippen molar-refractivity contribution < 1.29 is 19.0 Å². The topological polar surface area (TPSA) is 100 Å². The van der Waals surface area contributed by atoms with Crippen molar-refractivity contribution in [3.8, 4) is 11.5 Å². The van der Waals surface area contributed by atoms with Crippen LogP contribution in [-0.2, 0) is 16.1 Å². The lowest BCUT2D eigenvalue weighted by atomic mass is 9.95. The number of esters is 1. The number of benzene rings is 2. The maximum Gasteiger partial charge on any atom is 0.338 e. The number of allylic oxidation sites excluding steroid dienone is 1. The molecule has 1 N–H and O–H groups in total. The van der Waals surface area contributed by atoms with Gasteiger partial charge in [-0.05, 0) is 66.1 Å². The minimum atomic E-state index is -0.603. The second-order valence-corrected chi connectivity index (χ2v) is 8.64. The lowest BCUT2D eigenvalue weighted by Crippen LogP contribution is -2.29. The van der Waals surface area contributed by atoms with E-state index in [-0.39, 0.29) is 6.61 Å². The Kier molecular flexibility index (Phi) is 7.77. The Morgan fingerprint density at radius 1 is 1.09 bits per heavy atom. The van der Waals surface area contributed by atoms with E-state index in [0.29, 0.717) is 58.4 Å². The number of anilines is 1. The van der Waals surface area contributed by atoms with Crippen molar-refractivity contribution in [2.75, 3.05) is 18.5 Å². The van der Waals surface area contributed by atoms with Crippen molar-refractivity contribution in [1.29, 1.82) is 0 Å². The fourth-order valence-electron chi connectivity index (χ4n) is 3.73. The molecule has 11 heteroatoms. The first-order valence-corrected chi connectivity index (χ1v) is 11.9. The highest BCUT2D eigenvalue weighted by Gasteiger charge is 2.35. The highest BCUT2D eigenvalue weighted by atomic mass is 35.5. The molecule has 1 aromatic heterocycles. The summed E-state index contributed by atoms with van der Waals surface area (Å²) in [5, 5.41) is 15.9. The van der Waals surface area contributed by atoms with Gasteiger partial charge in [0.1, 0.15) is 12.6 Å². The Labute approximate surface area is 213 Å². The number of carbonyl (C=O) groups is 1. The summed E-state index contributed by atoms with van der Waals surface area (Å²) in [5.41, 5.74) is 2.65. The largest absolute Gasteiger partial charge is 0.490 e. The fraction of sp³-hybridized carbons (Fsp3) is 0.333. The van der Waals surface area contributed by atoms with Crippen LogP contribution in [0, 0.1) is 0 Å². The number of fused-ring (bicyclic) bond motifs is 1. The Morgan fingerprint density at radius 3 is 2.66 bits per heavy atom. The Morgan fingerprint density at radius 2 is 1.91 bits per heavy atom. The second kappa shape index (κ2) is 11.0. The third kappa shape index (κ3) is 5.36. The number of nitrogens with one attached hydrogen (secondary N) is 1. The molecule has 4 rings (SSSR count). The average molecular weight is 518 g/mol. The zero-order chi connectivity index (χ0) is 24.9. The van der Waals surface area contributed by atoms with Crippen LogP contribution in [0.25, 0.3) is 0 Å². The molecule has 1 aliphatic heterocycles. The van der Waals surface area contributed by atoms with Gasteiger partial charge in [-0.2, -0.15) is 4.68 Å². The zero-order valence-corrected chi connectivity index (χ0v) is 21.1. The summed E-state index contributed by atoms with van der Waals surface area (Å²) < 4.78 is 18.9. The van der Waals surface area contributed by atoms with Crippen LogP contribution in [0.15, 0.2) is 47.7 Å². The van der Waals surface area contributed by atoms with E-state index in [0.717, 1.165) is 11.1 Å². The molecule has 0 aliphatic carbocycles. The maximum atomic E-state index is 13.0. The molecule has 0 amide bonds. The molecule has 0 spiro atoms. The number of ether oxygens (including phenoxy) is 3. The molecule has 2 aromatic carbocycles. The molecule has 1 atom stereocenters. The van der Waals surface area contributed by atoms with Crippen LogP contribution in [0.1, 0.15) is 44.4 Å². The van der Waals surface area contributed by atoms with Crippen molar-refractivity contribution in [1.82, 2.24) is 20.2 Å². The van der Waals surface area contributed by atoms with Crippen molar-refractivity contribution >= 4 is 35.1 Å². The molecule has 35 heavy (non-hydrogen) atoms. The molecule has 0 bridgehead atoms. The molecule has 3 aromatic rings. The highest BCUT2D eigenvalue weighted by Crippen LogP contribution is 2.39. The van der Waals surface area contributed by atoms with Crippen molar-refractivity contribution in [2.24, 2.45) is 0 Å². The van der Waals surface area contributed by atoms with E-state index in [9.17, 15) is 4.79 Å². The van der Waals surface area contributed by atoms with Gasteiger partial charge < -0.3 is 19.5 Å². The van der Waals surface area contributed by atoms with E-state index in [1.165, 1.54) is 0 Å². The monoisotopic (exact) mass is 517 g/mol. The summed E-state index contributed by atoms with van der Waals surface area (Å²) in [6.07, 6.45) is 0.714. The second-order valence-electron chi connectivity index (χ2n) is 7.83. The molecule has 0 fully saturated rings. The van der Waals surface area contributed by atoms with Crippen LogP contribution < -0.4 is 14.8 Å². The minimum absolute atomic E-state index is 0.272. The van der Waals surface area contributed by atoms with Crippen LogP contribution >= 0.6 is 23.2 Å². The lowest BCUT2D eigenvalue weighted by molar-refractivity contribution is -0.139. The number of hydrogen-bond donors (Lipinski definition) is 1. The molecule has 0 saturated carbocycles. The van der Waals surface area contributed by atoms with E-state index in [4.69, 9.17) is 37.4 Å². The number of rotatable bonds is 9. The summed E-state index contributed by atoms with van der Waals surface area (Å²) >= 11 is 12.1. The van der Waals surface area contributed by atoms with E-state index in [1.807, 2.05) is 32.0 Å². The van der Waals surface area contributed by atoms with Crippen LogP contribution in [0.4, 0.5) is 5.95 Å². The smallest absolute Gasteiger partial charge is 0.338 e. The van der Waals surface area contributed by atoms with Gasteiger partial charge in [-0.3, -0.25) is 0 Å². The zero-order valence-electron chi connectivity index (χ0n) is 19.5. The number of halogens is 2. The molecule has 0 radical (unpaired) electrons. The van der Waals surface area contributed by atoms with Gasteiger partial charge in [-0.15, -0.1) is 0 Å². The predicted molar refractivity (Wildman–Crippen MR) is 132 cm³/mol. The minimum Gasteiger partial charge on any atom is -0.490 e. The van der Waals surface area contributed by atoms with Crippen molar-refractivity contribution in [2.45, 2.75) is 39.8 Å². The Hall–Kier alpha value is -3.30. The van der Waals surface area contributed by atoms with Crippen LogP contribution in [-0.4, -0.2) is 39.4 Å². The van der Waals surface area contributed by atoms with E-state index >= 15 is 0 Å². The summed E-state index contributed by atoms with van der Waals surface area (Å²) in [5.74, 6) is 1.07. The van der Waals surface area contributed by atoms with Crippen LogP contribution in [0.2, 0.25) is 10.0 Å². The van der Waals surface area contributed by atoms with Gasteiger partial charge in [-0.1, -0.05) is 47.4 Å². The highest BCUT2D eigenvalue weighted by molar-refractivity contribution is 6.42. The molecular weight excluding hydrogens is 493 g/mol. The standard InChI is InChI=1S/C24H25Cl2N5O4/c1-4-10-34-23(32)21-14(3)27-24-28-29-30-31(24)22(21)16-7-9-19(20(12-16)33-5-2)35-13-15-6-8-17(25)18(26)11-15/h6-9,11-12,22H,4-5,10,13H2,1-3H3,(H,27,28,30). The predicted octanol–water partition coefficient (Wildman–Crippen LogP) is 5.20. The van der Waals surface area contributed by atoms with E-state index < -0.39 is 12.0 Å². The number of tetrazole rings is 1. The van der Waals surface area contributed by atoms with Gasteiger partial charge in [0.15, 0.2) is 11.5 Å². The summed E-state index contributed by atoms with van der Waals surface area (Å²) in [7, 11) is 0. The van der Waals surface area contributed by atoms with Crippen LogP contribution in [0.5, 0.6) is 11.5 Å². The van der Waals surface area contributed by atoms with Gasteiger partial charge in [0.2, 0.25) is 5.95 Å². The SMILES string of the molecule is CCCOC(=O)C1=C(C)Nc2nnnn2C1c1ccc(OCc2ccc(Cl)c(Cl)c2)c(OCC)c1. The Balaban J connectivity index is 1.67. The number of aromatic nitrogens is 4. The summed E-state index contributed by atoms with van der Waals surface area (Å²) in [6, 6.07) is 10.2. The fourth-order valence-corrected chi connectivity index (χ4v) is 4.05.